The van der Waals surface area contributed by atoms with E-state index in [1.807, 2.05) is 13.8 Å². The topological polar surface area (TPSA) is 37.3 Å². The zero-order valence-corrected chi connectivity index (χ0v) is 11.2. The third-order valence-corrected chi connectivity index (χ3v) is 2.74. The van der Waals surface area contributed by atoms with Crippen LogP contribution < -0.4 is 0 Å². The lowest BCUT2D eigenvalue weighted by atomic mass is 9.97. The quantitative estimate of drug-likeness (QED) is 0.813. The van der Waals surface area contributed by atoms with Crippen molar-refractivity contribution in [3.05, 3.63) is 40.5 Å². The summed E-state index contributed by atoms with van der Waals surface area (Å²) in [5.41, 5.74) is 3.24. The number of benzene rings is 1. The molecule has 0 aliphatic rings. The van der Waals surface area contributed by atoms with Crippen LogP contribution in [0.1, 0.15) is 36.1 Å². The monoisotopic (exact) mass is 232 g/mol. The molecule has 1 aromatic carbocycles. The van der Waals surface area contributed by atoms with Gasteiger partial charge in [0.05, 0.1) is 0 Å². The molecule has 0 saturated heterocycles. The number of carbonyl (C=O) groups is 1. The average Bonchev–Trinajstić information content (AvgIpc) is 2.13. The van der Waals surface area contributed by atoms with E-state index in [9.17, 15) is 9.90 Å². The van der Waals surface area contributed by atoms with E-state index in [0.717, 1.165) is 16.7 Å². The van der Waals surface area contributed by atoms with Gasteiger partial charge >= 0.3 is 0 Å². The Morgan fingerprint density at radius 3 is 2.06 bits per heavy atom. The van der Waals surface area contributed by atoms with E-state index in [0.29, 0.717) is 0 Å². The molecular weight excluding hydrogens is 212 g/mol. The van der Waals surface area contributed by atoms with Crippen molar-refractivity contribution in [2.24, 2.45) is 0 Å². The minimum absolute atomic E-state index is 0.281. The molecule has 0 aromatic heterocycles. The van der Waals surface area contributed by atoms with Crippen molar-refractivity contribution >= 4 is 11.9 Å². The summed E-state index contributed by atoms with van der Waals surface area (Å²) in [6.45, 7) is 9.08. The van der Waals surface area contributed by atoms with Gasteiger partial charge in [0.2, 0.25) is 0 Å². The summed E-state index contributed by atoms with van der Waals surface area (Å²) in [5, 5.41) is 9.55. The van der Waals surface area contributed by atoms with E-state index in [4.69, 9.17) is 0 Å². The second-order valence-corrected chi connectivity index (χ2v) is 5.07. The molecule has 0 amide bonds. The fraction of sp³-hybridized carbons (Fsp3) is 0.400. The average molecular weight is 232 g/mol. The summed E-state index contributed by atoms with van der Waals surface area (Å²) in [6, 6.07) is 4.17. The second kappa shape index (κ2) is 4.84. The molecular formula is C15H20O2. The SMILES string of the molecule is Cc1cc(C)c(C=CC(=O)C(C)(C)O)c(C)c1. The summed E-state index contributed by atoms with van der Waals surface area (Å²) < 4.78 is 0. The first kappa shape index (κ1) is 13.7. The normalized spacial score (nSPS) is 12.1. The van der Waals surface area contributed by atoms with Crippen LogP contribution >= 0.6 is 0 Å². The first-order chi connectivity index (χ1) is 7.71. The van der Waals surface area contributed by atoms with E-state index < -0.39 is 5.60 Å². The zero-order chi connectivity index (χ0) is 13.2. The number of hydrogen-bond acceptors (Lipinski definition) is 2. The number of ketones is 1. The molecule has 0 radical (unpaired) electrons. The van der Waals surface area contributed by atoms with Gasteiger partial charge in [-0.2, -0.15) is 0 Å². The minimum atomic E-state index is -1.30. The van der Waals surface area contributed by atoms with Gasteiger partial charge in [0.25, 0.3) is 0 Å². The highest BCUT2D eigenvalue weighted by Crippen LogP contribution is 2.18. The Bertz CT molecular complexity index is 439. The Morgan fingerprint density at radius 1 is 1.18 bits per heavy atom. The molecule has 2 nitrogen and oxygen atoms in total. The molecule has 0 fully saturated rings. The lowest BCUT2D eigenvalue weighted by Crippen LogP contribution is -2.29. The van der Waals surface area contributed by atoms with E-state index in [2.05, 4.69) is 19.1 Å². The van der Waals surface area contributed by atoms with Crippen molar-refractivity contribution in [1.29, 1.82) is 0 Å². The predicted octanol–water partition coefficient (Wildman–Crippen LogP) is 2.97. The molecule has 0 spiro atoms. The molecule has 0 aliphatic heterocycles. The van der Waals surface area contributed by atoms with Crippen LogP contribution in [0.5, 0.6) is 0 Å². The Morgan fingerprint density at radius 2 is 1.65 bits per heavy atom. The van der Waals surface area contributed by atoms with Crippen LogP contribution in [0.3, 0.4) is 0 Å². The van der Waals surface area contributed by atoms with Crippen LogP contribution in [-0.4, -0.2) is 16.5 Å². The fourth-order valence-corrected chi connectivity index (χ4v) is 1.82. The molecule has 0 heterocycles. The van der Waals surface area contributed by atoms with Gasteiger partial charge in [-0.3, -0.25) is 4.79 Å². The third kappa shape index (κ3) is 3.53. The molecule has 2 heteroatoms. The molecule has 1 rings (SSSR count). The molecule has 0 unspecified atom stereocenters. The molecule has 0 atom stereocenters. The molecule has 1 aromatic rings. The second-order valence-electron chi connectivity index (χ2n) is 5.07. The van der Waals surface area contributed by atoms with Crippen LogP contribution in [0.2, 0.25) is 0 Å². The van der Waals surface area contributed by atoms with Gasteiger partial charge in [-0.05, 0) is 57.4 Å². The summed E-state index contributed by atoms with van der Waals surface area (Å²) in [5.74, 6) is -0.281. The van der Waals surface area contributed by atoms with Gasteiger partial charge in [-0.25, -0.2) is 0 Å². The molecule has 0 aliphatic carbocycles. The lowest BCUT2D eigenvalue weighted by Gasteiger charge is -2.12. The molecule has 92 valence electrons. The van der Waals surface area contributed by atoms with Crippen LogP contribution in [0.25, 0.3) is 6.08 Å². The standard InChI is InChI=1S/C15H20O2/c1-10-8-11(2)13(12(3)9-10)6-7-14(16)15(4,5)17/h6-9,17H,1-5H3. The molecule has 0 bridgehead atoms. The smallest absolute Gasteiger partial charge is 0.186 e. The highest BCUT2D eigenvalue weighted by Gasteiger charge is 2.20. The van der Waals surface area contributed by atoms with Crippen molar-refractivity contribution in [3.8, 4) is 0 Å². The number of aliphatic hydroxyl groups is 1. The summed E-state index contributed by atoms with van der Waals surface area (Å²) >= 11 is 0. The van der Waals surface area contributed by atoms with Crippen molar-refractivity contribution < 1.29 is 9.90 Å². The first-order valence-electron chi connectivity index (χ1n) is 5.74. The zero-order valence-electron chi connectivity index (χ0n) is 11.2. The van der Waals surface area contributed by atoms with Crippen molar-refractivity contribution in [2.45, 2.75) is 40.2 Å². The van der Waals surface area contributed by atoms with E-state index >= 15 is 0 Å². The highest BCUT2D eigenvalue weighted by molar-refractivity contribution is 5.99. The van der Waals surface area contributed by atoms with Gasteiger partial charge in [-0.15, -0.1) is 0 Å². The van der Waals surface area contributed by atoms with Crippen molar-refractivity contribution in [3.63, 3.8) is 0 Å². The summed E-state index contributed by atoms with van der Waals surface area (Å²) in [4.78, 5) is 11.6. The Hall–Kier alpha value is -1.41. The van der Waals surface area contributed by atoms with Gasteiger partial charge < -0.3 is 5.11 Å². The Labute approximate surface area is 103 Å². The molecule has 1 N–H and O–H groups in total. The Balaban J connectivity index is 3.05. The van der Waals surface area contributed by atoms with Gasteiger partial charge in [-0.1, -0.05) is 23.8 Å². The highest BCUT2D eigenvalue weighted by atomic mass is 16.3. The van der Waals surface area contributed by atoms with E-state index in [1.165, 1.54) is 25.5 Å². The van der Waals surface area contributed by atoms with Crippen molar-refractivity contribution in [2.75, 3.05) is 0 Å². The van der Waals surface area contributed by atoms with Gasteiger partial charge in [0.1, 0.15) is 5.60 Å². The molecule has 0 saturated carbocycles. The summed E-state index contributed by atoms with van der Waals surface area (Å²) in [7, 11) is 0. The van der Waals surface area contributed by atoms with Crippen LogP contribution in [0, 0.1) is 20.8 Å². The number of hydrogen-bond donors (Lipinski definition) is 1. The molecule has 17 heavy (non-hydrogen) atoms. The number of rotatable bonds is 3. The maximum atomic E-state index is 11.6. The van der Waals surface area contributed by atoms with Crippen LogP contribution in [-0.2, 0) is 4.79 Å². The third-order valence-electron chi connectivity index (χ3n) is 2.74. The first-order valence-corrected chi connectivity index (χ1v) is 5.74. The maximum absolute atomic E-state index is 11.6. The predicted molar refractivity (Wildman–Crippen MR) is 71.0 cm³/mol. The fourth-order valence-electron chi connectivity index (χ4n) is 1.82. The van der Waals surface area contributed by atoms with Gasteiger partial charge in [0.15, 0.2) is 5.78 Å². The van der Waals surface area contributed by atoms with Crippen molar-refractivity contribution in [1.82, 2.24) is 0 Å². The lowest BCUT2D eigenvalue weighted by molar-refractivity contribution is -0.128. The van der Waals surface area contributed by atoms with Gasteiger partial charge in [0, 0.05) is 0 Å². The van der Waals surface area contributed by atoms with E-state index in [1.54, 1.807) is 6.08 Å². The number of aryl methyl sites for hydroxylation is 3. The summed E-state index contributed by atoms with van der Waals surface area (Å²) in [6.07, 6.45) is 3.23. The minimum Gasteiger partial charge on any atom is -0.382 e. The van der Waals surface area contributed by atoms with E-state index in [-0.39, 0.29) is 5.78 Å². The van der Waals surface area contributed by atoms with Crippen LogP contribution in [0.4, 0.5) is 0 Å². The maximum Gasteiger partial charge on any atom is 0.186 e. The Kier molecular flexibility index (Phi) is 3.89. The largest absolute Gasteiger partial charge is 0.382 e. The number of carbonyl (C=O) groups excluding carboxylic acids is 1. The van der Waals surface area contributed by atoms with Crippen LogP contribution in [0.15, 0.2) is 18.2 Å².